The second-order valence-corrected chi connectivity index (χ2v) is 5.29. The van der Waals surface area contributed by atoms with Gasteiger partial charge in [0.2, 0.25) is 0 Å². The molecule has 0 aliphatic carbocycles. The number of hydrogen-bond donors (Lipinski definition) is 2. The van der Waals surface area contributed by atoms with Crippen molar-refractivity contribution >= 4 is 12.0 Å². The van der Waals surface area contributed by atoms with Gasteiger partial charge in [0.15, 0.2) is 0 Å². The molecule has 0 spiro atoms. The third-order valence-corrected chi connectivity index (χ3v) is 2.74. The Kier molecular flexibility index (Phi) is 6.44. The summed E-state index contributed by atoms with van der Waals surface area (Å²) in [5.74, 6) is -0.915. The Morgan fingerprint density at radius 1 is 1.44 bits per heavy atom. The van der Waals surface area contributed by atoms with E-state index in [0.29, 0.717) is 13.1 Å². The highest BCUT2D eigenvalue weighted by Crippen LogP contribution is 2.22. The first-order valence-corrected chi connectivity index (χ1v) is 6.10. The Morgan fingerprint density at radius 3 is 2.33 bits per heavy atom. The van der Waals surface area contributed by atoms with Crippen molar-refractivity contribution in [1.82, 2.24) is 10.2 Å². The van der Waals surface area contributed by atoms with E-state index < -0.39 is 12.0 Å². The molecule has 5 nitrogen and oxygen atoms in total. The number of hydrogen-bond acceptors (Lipinski definition) is 2. The van der Waals surface area contributed by atoms with Gasteiger partial charge in [-0.2, -0.15) is 0 Å². The molecule has 0 saturated carbocycles. The van der Waals surface area contributed by atoms with E-state index in [4.69, 9.17) is 5.11 Å². The van der Waals surface area contributed by atoms with Gasteiger partial charge < -0.3 is 15.3 Å². The van der Waals surface area contributed by atoms with Gasteiger partial charge >= 0.3 is 12.0 Å². The molecular weight excluding hydrogens is 232 g/mol. The molecule has 0 fully saturated rings. The number of amides is 2. The molecule has 0 rings (SSSR count). The molecule has 5 heteroatoms. The van der Waals surface area contributed by atoms with Crippen LogP contribution in [0.4, 0.5) is 4.79 Å². The lowest BCUT2D eigenvalue weighted by atomic mass is 9.85. The minimum atomic E-state index is -0.915. The average Bonchev–Trinajstić information content (AvgIpc) is 2.22. The fourth-order valence-electron chi connectivity index (χ4n) is 1.50. The van der Waals surface area contributed by atoms with Crippen molar-refractivity contribution < 1.29 is 14.7 Å². The predicted molar refractivity (Wildman–Crippen MR) is 71.5 cm³/mol. The molecular formula is C13H24N2O3. The quantitative estimate of drug-likeness (QED) is 0.715. The molecule has 0 aromatic heterocycles. The summed E-state index contributed by atoms with van der Waals surface area (Å²) >= 11 is 0. The molecule has 18 heavy (non-hydrogen) atoms. The predicted octanol–water partition coefficient (Wildman–Crippen LogP) is 2.09. The molecule has 0 saturated heterocycles. The number of likely N-dealkylation sites (N-methyl/N-ethyl adjacent to an activating group) is 1. The van der Waals surface area contributed by atoms with Gasteiger partial charge in [-0.25, -0.2) is 4.79 Å². The molecule has 1 unspecified atom stereocenters. The molecule has 0 aromatic carbocycles. The zero-order valence-electron chi connectivity index (χ0n) is 11.7. The highest BCUT2D eigenvalue weighted by atomic mass is 16.4. The maximum Gasteiger partial charge on any atom is 0.317 e. The maximum atomic E-state index is 12.0. The van der Waals surface area contributed by atoms with Crippen LogP contribution in [0.2, 0.25) is 0 Å². The van der Waals surface area contributed by atoms with E-state index in [1.807, 2.05) is 27.7 Å². The summed E-state index contributed by atoms with van der Waals surface area (Å²) < 4.78 is 0. The van der Waals surface area contributed by atoms with E-state index in [1.165, 1.54) is 0 Å². The average molecular weight is 256 g/mol. The normalized spacial score (nSPS) is 12.7. The number of nitrogens with zero attached hydrogens (tertiary/aromatic N) is 1. The molecule has 104 valence electrons. The third kappa shape index (κ3) is 5.70. The van der Waals surface area contributed by atoms with Crippen molar-refractivity contribution in [3.8, 4) is 0 Å². The van der Waals surface area contributed by atoms with Gasteiger partial charge in [-0.05, 0) is 12.3 Å². The van der Waals surface area contributed by atoms with Crippen LogP contribution in [0.1, 0.15) is 34.1 Å². The second kappa shape index (κ2) is 7.03. The minimum absolute atomic E-state index is 0.0825. The fraction of sp³-hybridized carbons (Fsp3) is 0.692. The van der Waals surface area contributed by atoms with E-state index in [0.717, 1.165) is 0 Å². The summed E-state index contributed by atoms with van der Waals surface area (Å²) in [7, 11) is 0. The smallest absolute Gasteiger partial charge is 0.317 e. The van der Waals surface area contributed by atoms with Crippen molar-refractivity contribution in [1.29, 1.82) is 0 Å². The third-order valence-electron chi connectivity index (χ3n) is 2.74. The van der Waals surface area contributed by atoms with Crippen molar-refractivity contribution in [2.75, 3.05) is 13.1 Å². The minimum Gasteiger partial charge on any atom is -0.481 e. The van der Waals surface area contributed by atoms with Crippen molar-refractivity contribution in [3.05, 3.63) is 12.7 Å². The Labute approximate surface area is 109 Å². The van der Waals surface area contributed by atoms with Crippen LogP contribution < -0.4 is 5.32 Å². The lowest BCUT2D eigenvalue weighted by Crippen LogP contribution is -2.50. The fourth-order valence-corrected chi connectivity index (χ4v) is 1.50. The number of carbonyl (C=O) groups is 2. The summed E-state index contributed by atoms with van der Waals surface area (Å²) in [4.78, 5) is 24.4. The van der Waals surface area contributed by atoms with E-state index in [-0.39, 0.29) is 17.9 Å². The molecule has 0 heterocycles. The summed E-state index contributed by atoms with van der Waals surface area (Å²) in [6.45, 7) is 12.2. The van der Waals surface area contributed by atoms with Gasteiger partial charge in [-0.15, -0.1) is 6.58 Å². The van der Waals surface area contributed by atoms with E-state index in [1.54, 1.807) is 11.0 Å². The largest absolute Gasteiger partial charge is 0.481 e. The van der Waals surface area contributed by atoms with E-state index >= 15 is 0 Å². The first-order chi connectivity index (χ1) is 8.22. The summed E-state index contributed by atoms with van der Waals surface area (Å²) in [6.07, 6.45) is 1.56. The number of carbonyl (C=O) groups excluding carboxylic acids is 1. The summed E-state index contributed by atoms with van der Waals surface area (Å²) in [5.41, 5.74) is -0.304. The molecule has 1 atom stereocenters. The van der Waals surface area contributed by atoms with Gasteiger partial charge in [0.05, 0.1) is 6.42 Å². The SMILES string of the molecule is C=CCN(CC)C(=O)NC(CC(=O)O)C(C)(C)C. The monoisotopic (exact) mass is 256 g/mol. The van der Waals surface area contributed by atoms with Gasteiger partial charge in [-0.3, -0.25) is 4.79 Å². The molecule has 0 aromatic rings. The van der Waals surface area contributed by atoms with Crippen LogP contribution in [-0.4, -0.2) is 41.1 Å². The Bertz CT molecular complexity index is 308. The Morgan fingerprint density at radius 2 is 2.00 bits per heavy atom. The zero-order valence-corrected chi connectivity index (χ0v) is 11.7. The Hall–Kier alpha value is -1.52. The van der Waals surface area contributed by atoms with E-state index in [9.17, 15) is 9.59 Å². The highest BCUT2D eigenvalue weighted by Gasteiger charge is 2.29. The van der Waals surface area contributed by atoms with Crippen molar-refractivity contribution in [2.24, 2.45) is 5.41 Å². The van der Waals surface area contributed by atoms with Crippen LogP contribution in [0.5, 0.6) is 0 Å². The number of rotatable bonds is 6. The first kappa shape index (κ1) is 16.5. The first-order valence-electron chi connectivity index (χ1n) is 6.10. The topological polar surface area (TPSA) is 69.6 Å². The molecule has 0 radical (unpaired) electrons. The number of carboxylic acids is 1. The van der Waals surface area contributed by atoms with Crippen LogP contribution in [0.15, 0.2) is 12.7 Å². The second-order valence-electron chi connectivity index (χ2n) is 5.29. The highest BCUT2D eigenvalue weighted by molar-refractivity contribution is 5.76. The van der Waals surface area contributed by atoms with Gasteiger partial charge in [0.25, 0.3) is 0 Å². The van der Waals surface area contributed by atoms with E-state index in [2.05, 4.69) is 11.9 Å². The molecule has 0 bridgehead atoms. The lowest BCUT2D eigenvalue weighted by Gasteiger charge is -2.32. The standard InChI is InChI=1S/C13H24N2O3/c1-6-8-15(7-2)12(18)14-10(9-11(16)17)13(3,4)5/h6,10H,1,7-9H2,2-5H3,(H,14,18)(H,16,17). The van der Waals surface area contributed by atoms with Crippen molar-refractivity contribution in [2.45, 2.75) is 40.2 Å². The lowest BCUT2D eigenvalue weighted by molar-refractivity contribution is -0.138. The van der Waals surface area contributed by atoms with Crippen molar-refractivity contribution in [3.63, 3.8) is 0 Å². The van der Waals surface area contributed by atoms with Crippen LogP contribution in [0.25, 0.3) is 0 Å². The molecule has 0 aliphatic rings. The number of carboxylic acid groups (broad SMARTS) is 1. The number of urea groups is 1. The number of nitrogens with one attached hydrogen (secondary N) is 1. The van der Waals surface area contributed by atoms with Crippen LogP contribution in [-0.2, 0) is 4.79 Å². The molecule has 2 N–H and O–H groups in total. The summed E-state index contributed by atoms with van der Waals surface area (Å²) in [6, 6.07) is -0.653. The zero-order chi connectivity index (χ0) is 14.3. The van der Waals surface area contributed by atoms with Gasteiger partial charge in [0, 0.05) is 19.1 Å². The van der Waals surface area contributed by atoms with Crippen LogP contribution in [0.3, 0.4) is 0 Å². The number of aliphatic carboxylic acids is 1. The van der Waals surface area contributed by atoms with Crippen LogP contribution in [0, 0.1) is 5.41 Å². The Balaban J connectivity index is 4.71. The van der Waals surface area contributed by atoms with Gasteiger partial charge in [0.1, 0.15) is 0 Å². The molecule has 0 aliphatic heterocycles. The summed E-state index contributed by atoms with van der Waals surface area (Å²) in [5, 5.41) is 11.7. The maximum absolute atomic E-state index is 12.0. The van der Waals surface area contributed by atoms with Crippen LogP contribution >= 0.6 is 0 Å². The van der Waals surface area contributed by atoms with Gasteiger partial charge in [-0.1, -0.05) is 26.8 Å². The molecule has 2 amide bonds.